The normalized spacial score (nSPS) is 15.1. The van der Waals surface area contributed by atoms with Gasteiger partial charge in [0, 0.05) is 0 Å². The molecule has 6 heteroatoms. The zero-order chi connectivity index (χ0) is 11.3. The Morgan fingerprint density at radius 2 is 2.40 bits per heavy atom. The van der Waals surface area contributed by atoms with E-state index < -0.39 is 0 Å². The third-order valence-corrected chi connectivity index (χ3v) is 2.21. The quantitative estimate of drug-likeness (QED) is 0.499. The van der Waals surface area contributed by atoms with Crippen LogP contribution in [0.5, 0.6) is 0 Å². The van der Waals surface area contributed by atoms with E-state index in [0.29, 0.717) is 5.82 Å². The first-order valence-corrected chi connectivity index (χ1v) is 5.30. The van der Waals surface area contributed by atoms with Crippen molar-refractivity contribution < 1.29 is 4.39 Å². The van der Waals surface area contributed by atoms with Gasteiger partial charge < -0.3 is 11.1 Å². The molecule has 82 valence electrons. The molecule has 0 saturated carbocycles. The van der Waals surface area contributed by atoms with Crippen molar-refractivity contribution in [2.75, 3.05) is 5.32 Å². The molecule has 0 fully saturated rings. The summed E-state index contributed by atoms with van der Waals surface area (Å²) in [5.74, 6) is 0.185. The molecule has 0 aliphatic carbocycles. The number of halogens is 2. The molecule has 0 radical (unpaired) electrons. The summed E-state index contributed by atoms with van der Waals surface area (Å²) in [6.07, 6.45) is 2.14. The number of nitrogens with zero attached hydrogens (tertiary/aromatic N) is 2. The SMILES string of the molecule is CC(Br)C(/N=C\N)Nc1ccc(F)cn1. The molecular formula is C9H12BrFN4. The molecule has 1 aromatic rings. The first kappa shape index (κ1) is 11.9. The van der Waals surface area contributed by atoms with Gasteiger partial charge in [0.2, 0.25) is 0 Å². The van der Waals surface area contributed by atoms with Gasteiger partial charge in [-0.05, 0) is 19.1 Å². The van der Waals surface area contributed by atoms with E-state index in [1.54, 1.807) is 6.07 Å². The summed E-state index contributed by atoms with van der Waals surface area (Å²) in [5, 5.41) is 3.00. The summed E-state index contributed by atoms with van der Waals surface area (Å²) in [4.78, 5) is 7.95. The van der Waals surface area contributed by atoms with Crippen molar-refractivity contribution in [2.24, 2.45) is 10.7 Å². The molecule has 2 unspecified atom stereocenters. The van der Waals surface area contributed by atoms with E-state index in [1.165, 1.54) is 12.4 Å². The molecule has 2 atom stereocenters. The number of alkyl halides is 1. The molecule has 0 aliphatic heterocycles. The number of aliphatic imine (C=N–C) groups is 1. The molecule has 0 spiro atoms. The number of rotatable bonds is 4. The van der Waals surface area contributed by atoms with Gasteiger partial charge in [-0.15, -0.1) is 0 Å². The monoisotopic (exact) mass is 274 g/mol. The van der Waals surface area contributed by atoms with Crippen molar-refractivity contribution in [3.05, 3.63) is 24.1 Å². The Balaban J connectivity index is 2.69. The van der Waals surface area contributed by atoms with Crippen LogP contribution < -0.4 is 11.1 Å². The number of nitrogens with two attached hydrogens (primary N) is 1. The van der Waals surface area contributed by atoms with Crippen molar-refractivity contribution in [3.8, 4) is 0 Å². The lowest BCUT2D eigenvalue weighted by atomic mass is 10.3. The Hall–Kier alpha value is -1.17. The van der Waals surface area contributed by atoms with E-state index >= 15 is 0 Å². The third kappa shape index (κ3) is 3.83. The van der Waals surface area contributed by atoms with Gasteiger partial charge in [0.25, 0.3) is 0 Å². The molecular weight excluding hydrogens is 263 g/mol. The molecule has 0 amide bonds. The molecule has 0 aromatic carbocycles. The van der Waals surface area contributed by atoms with E-state index in [4.69, 9.17) is 5.73 Å². The largest absolute Gasteiger partial charge is 0.390 e. The lowest BCUT2D eigenvalue weighted by molar-refractivity contribution is 0.621. The van der Waals surface area contributed by atoms with Crippen LogP contribution in [0.3, 0.4) is 0 Å². The first-order valence-electron chi connectivity index (χ1n) is 4.39. The second-order valence-electron chi connectivity index (χ2n) is 2.93. The molecule has 0 saturated heterocycles. The van der Waals surface area contributed by atoms with Crippen LogP contribution in [0, 0.1) is 5.82 Å². The average Bonchev–Trinajstić information content (AvgIpc) is 2.20. The number of nitrogens with one attached hydrogen (secondary N) is 1. The fourth-order valence-corrected chi connectivity index (χ4v) is 1.24. The number of hydrogen-bond acceptors (Lipinski definition) is 3. The molecule has 3 N–H and O–H groups in total. The fourth-order valence-electron chi connectivity index (χ4n) is 0.976. The van der Waals surface area contributed by atoms with Crippen LogP contribution in [-0.2, 0) is 0 Å². The van der Waals surface area contributed by atoms with Gasteiger partial charge in [-0.2, -0.15) is 0 Å². The lowest BCUT2D eigenvalue weighted by Crippen LogP contribution is -2.26. The summed E-state index contributed by atoms with van der Waals surface area (Å²) >= 11 is 3.38. The summed E-state index contributed by atoms with van der Waals surface area (Å²) in [7, 11) is 0. The lowest BCUT2D eigenvalue weighted by Gasteiger charge is -2.16. The standard InChI is InChI=1S/C9H12BrFN4/c1-6(10)9(14-5-12)15-8-3-2-7(11)4-13-8/h2-6,9H,1H3,(H2,12,14)(H,13,15). The third-order valence-electron chi connectivity index (χ3n) is 1.70. The fraction of sp³-hybridized carbons (Fsp3) is 0.333. The van der Waals surface area contributed by atoms with Crippen LogP contribution in [0.2, 0.25) is 0 Å². The van der Waals surface area contributed by atoms with Gasteiger partial charge >= 0.3 is 0 Å². The molecule has 1 rings (SSSR count). The van der Waals surface area contributed by atoms with Gasteiger partial charge in [0.1, 0.15) is 17.8 Å². The highest BCUT2D eigenvalue weighted by molar-refractivity contribution is 9.09. The Bertz CT molecular complexity index is 325. The van der Waals surface area contributed by atoms with E-state index in [2.05, 4.69) is 31.2 Å². The van der Waals surface area contributed by atoms with Crippen molar-refractivity contribution in [1.82, 2.24) is 4.98 Å². The maximum Gasteiger partial charge on any atom is 0.141 e. The highest BCUT2D eigenvalue weighted by Gasteiger charge is 2.12. The highest BCUT2D eigenvalue weighted by atomic mass is 79.9. The van der Waals surface area contributed by atoms with Gasteiger partial charge in [0.05, 0.1) is 17.4 Å². The van der Waals surface area contributed by atoms with Gasteiger partial charge in [-0.3, -0.25) is 4.99 Å². The maximum atomic E-state index is 12.6. The summed E-state index contributed by atoms with van der Waals surface area (Å²) in [5.41, 5.74) is 5.21. The van der Waals surface area contributed by atoms with Gasteiger partial charge in [-0.25, -0.2) is 9.37 Å². The Morgan fingerprint density at radius 3 is 2.87 bits per heavy atom. The van der Waals surface area contributed by atoms with Crippen molar-refractivity contribution in [2.45, 2.75) is 17.9 Å². The van der Waals surface area contributed by atoms with Crippen LogP contribution in [0.25, 0.3) is 0 Å². The number of pyridine rings is 1. The predicted molar refractivity (Wildman–Crippen MR) is 62.7 cm³/mol. The van der Waals surface area contributed by atoms with E-state index in [0.717, 1.165) is 6.20 Å². The molecule has 1 aromatic heterocycles. The molecule has 0 aliphatic rings. The van der Waals surface area contributed by atoms with Crippen molar-refractivity contribution in [3.63, 3.8) is 0 Å². The minimum atomic E-state index is -0.369. The van der Waals surface area contributed by atoms with Crippen LogP contribution in [0.15, 0.2) is 23.3 Å². The minimum absolute atomic E-state index is 0.0872. The zero-order valence-electron chi connectivity index (χ0n) is 8.19. The van der Waals surface area contributed by atoms with Gasteiger partial charge in [0.15, 0.2) is 0 Å². The van der Waals surface area contributed by atoms with Crippen molar-refractivity contribution in [1.29, 1.82) is 0 Å². The molecule has 1 heterocycles. The van der Waals surface area contributed by atoms with Gasteiger partial charge in [-0.1, -0.05) is 15.9 Å². The number of hydrogen-bond donors (Lipinski definition) is 2. The van der Waals surface area contributed by atoms with E-state index in [9.17, 15) is 4.39 Å². The highest BCUT2D eigenvalue weighted by Crippen LogP contribution is 2.12. The predicted octanol–water partition coefficient (Wildman–Crippen LogP) is 1.73. The smallest absolute Gasteiger partial charge is 0.141 e. The summed E-state index contributed by atoms with van der Waals surface area (Å²) < 4.78 is 12.6. The molecule has 15 heavy (non-hydrogen) atoms. The van der Waals surface area contributed by atoms with E-state index in [1.807, 2.05) is 6.92 Å². The topological polar surface area (TPSA) is 63.3 Å². The second kappa shape index (κ2) is 5.65. The number of anilines is 1. The average molecular weight is 275 g/mol. The van der Waals surface area contributed by atoms with Crippen LogP contribution in [-0.4, -0.2) is 22.3 Å². The molecule has 4 nitrogen and oxygen atoms in total. The summed E-state index contributed by atoms with van der Waals surface area (Å²) in [6, 6.07) is 2.88. The zero-order valence-corrected chi connectivity index (χ0v) is 9.78. The Labute approximate surface area is 95.9 Å². The maximum absolute atomic E-state index is 12.6. The summed E-state index contributed by atoms with van der Waals surface area (Å²) in [6.45, 7) is 1.92. The minimum Gasteiger partial charge on any atom is -0.390 e. The van der Waals surface area contributed by atoms with Crippen LogP contribution >= 0.6 is 15.9 Å². The number of aromatic nitrogens is 1. The van der Waals surface area contributed by atoms with Crippen LogP contribution in [0.1, 0.15) is 6.92 Å². The Morgan fingerprint density at radius 1 is 1.67 bits per heavy atom. The second-order valence-corrected chi connectivity index (χ2v) is 4.37. The van der Waals surface area contributed by atoms with E-state index in [-0.39, 0.29) is 16.8 Å². The molecule has 0 bridgehead atoms. The van der Waals surface area contributed by atoms with Crippen LogP contribution in [0.4, 0.5) is 10.2 Å². The Kier molecular flexibility index (Phi) is 4.48. The van der Waals surface area contributed by atoms with Crippen molar-refractivity contribution >= 4 is 28.1 Å². The first-order chi connectivity index (χ1) is 7.13.